The fourth-order valence-corrected chi connectivity index (χ4v) is 1.84. The molecule has 20 heavy (non-hydrogen) atoms. The molecule has 0 heterocycles. The minimum atomic E-state index is -4.37. The minimum Gasteiger partial charge on any atom is -0.411 e. The van der Waals surface area contributed by atoms with Crippen molar-refractivity contribution < 1.29 is 18.4 Å². The number of rotatable bonds is 3. The van der Waals surface area contributed by atoms with E-state index in [9.17, 15) is 13.2 Å². The number of halogens is 3. The number of benzene rings is 2. The van der Waals surface area contributed by atoms with Gasteiger partial charge in [-0.2, -0.15) is 13.2 Å². The molecule has 0 atom stereocenters. The summed E-state index contributed by atoms with van der Waals surface area (Å²) >= 11 is 0. The molecule has 0 bridgehead atoms. The molecule has 0 fully saturated rings. The van der Waals surface area contributed by atoms with Crippen LogP contribution in [0.1, 0.15) is 16.7 Å². The second kappa shape index (κ2) is 5.77. The standard InChI is InChI=1S/C15H12F3NO/c16-15(17,18)13-8-6-12(7-9-13)14(19-20)10-11-4-2-1-3-5-11/h1-9,20H,10H2/b19-14+. The molecule has 2 aromatic rings. The molecule has 2 rings (SSSR count). The zero-order valence-corrected chi connectivity index (χ0v) is 10.4. The maximum absolute atomic E-state index is 12.5. The number of alkyl halides is 3. The van der Waals surface area contributed by atoms with Gasteiger partial charge in [-0.1, -0.05) is 47.6 Å². The molecule has 2 nitrogen and oxygen atoms in total. The smallest absolute Gasteiger partial charge is 0.411 e. The summed E-state index contributed by atoms with van der Waals surface area (Å²) in [7, 11) is 0. The molecule has 0 saturated carbocycles. The van der Waals surface area contributed by atoms with Crippen LogP contribution in [-0.2, 0) is 12.6 Å². The lowest BCUT2D eigenvalue weighted by Crippen LogP contribution is -2.08. The Morgan fingerprint density at radius 3 is 2.05 bits per heavy atom. The molecule has 0 spiro atoms. The van der Waals surface area contributed by atoms with E-state index in [4.69, 9.17) is 5.21 Å². The van der Waals surface area contributed by atoms with E-state index >= 15 is 0 Å². The Labute approximate surface area is 114 Å². The average Bonchev–Trinajstić information content (AvgIpc) is 2.45. The summed E-state index contributed by atoms with van der Waals surface area (Å²) in [4.78, 5) is 0. The van der Waals surface area contributed by atoms with Crippen molar-refractivity contribution in [3.63, 3.8) is 0 Å². The van der Waals surface area contributed by atoms with Gasteiger partial charge >= 0.3 is 6.18 Å². The van der Waals surface area contributed by atoms with Crippen LogP contribution in [0, 0.1) is 0 Å². The Bertz CT molecular complexity index is 589. The summed E-state index contributed by atoms with van der Waals surface area (Å²) in [6.07, 6.45) is -4.02. The van der Waals surface area contributed by atoms with Gasteiger partial charge in [-0.3, -0.25) is 0 Å². The topological polar surface area (TPSA) is 32.6 Å². The lowest BCUT2D eigenvalue weighted by atomic mass is 10.0. The van der Waals surface area contributed by atoms with E-state index in [1.807, 2.05) is 30.3 Å². The summed E-state index contributed by atoms with van der Waals surface area (Å²) in [6.45, 7) is 0. The van der Waals surface area contributed by atoms with Crippen LogP contribution >= 0.6 is 0 Å². The summed E-state index contributed by atoms with van der Waals surface area (Å²) in [5, 5.41) is 12.2. The molecule has 0 radical (unpaired) electrons. The average molecular weight is 279 g/mol. The van der Waals surface area contributed by atoms with Gasteiger partial charge in [0.15, 0.2) is 0 Å². The van der Waals surface area contributed by atoms with E-state index in [0.29, 0.717) is 17.7 Å². The summed E-state index contributed by atoms with van der Waals surface area (Å²) in [5.74, 6) is 0. The first-order valence-electron chi connectivity index (χ1n) is 5.93. The Hall–Kier alpha value is -2.30. The lowest BCUT2D eigenvalue weighted by molar-refractivity contribution is -0.137. The normalized spacial score (nSPS) is 12.4. The largest absolute Gasteiger partial charge is 0.416 e. The molecule has 0 aliphatic rings. The predicted octanol–water partition coefficient (Wildman–Crippen LogP) is 4.13. The van der Waals surface area contributed by atoms with Crippen molar-refractivity contribution in [2.75, 3.05) is 0 Å². The van der Waals surface area contributed by atoms with Crippen molar-refractivity contribution in [1.82, 2.24) is 0 Å². The van der Waals surface area contributed by atoms with Crippen LogP contribution < -0.4 is 0 Å². The van der Waals surface area contributed by atoms with Crippen molar-refractivity contribution >= 4 is 5.71 Å². The van der Waals surface area contributed by atoms with Gasteiger partial charge in [0.2, 0.25) is 0 Å². The highest BCUT2D eigenvalue weighted by molar-refractivity contribution is 6.01. The molecular formula is C15H12F3NO. The second-order valence-electron chi connectivity index (χ2n) is 4.28. The molecule has 2 aromatic carbocycles. The summed E-state index contributed by atoms with van der Waals surface area (Å²) < 4.78 is 37.4. The van der Waals surface area contributed by atoms with Crippen molar-refractivity contribution in [1.29, 1.82) is 0 Å². The van der Waals surface area contributed by atoms with Gasteiger partial charge in [0.25, 0.3) is 0 Å². The van der Waals surface area contributed by atoms with Crippen LogP contribution in [0.4, 0.5) is 13.2 Å². The van der Waals surface area contributed by atoms with E-state index in [1.54, 1.807) is 0 Å². The summed E-state index contributed by atoms with van der Waals surface area (Å²) in [5.41, 5.74) is 0.979. The van der Waals surface area contributed by atoms with Gasteiger partial charge in [0.05, 0.1) is 11.3 Å². The maximum atomic E-state index is 12.5. The highest BCUT2D eigenvalue weighted by atomic mass is 19.4. The number of hydrogen-bond acceptors (Lipinski definition) is 2. The van der Waals surface area contributed by atoms with Crippen molar-refractivity contribution in [3.05, 3.63) is 71.3 Å². The number of hydrogen-bond donors (Lipinski definition) is 1. The SMILES string of the molecule is O/N=C(\Cc1ccccc1)c1ccc(C(F)(F)F)cc1. The van der Waals surface area contributed by atoms with Gasteiger partial charge in [-0.05, 0) is 23.3 Å². The van der Waals surface area contributed by atoms with Crippen molar-refractivity contribution in [2.45, 2.75) is 12.6 Å². The van der Waals surface area contributed by atoms with Crippen LogP contribution in [0.15, 0.2) is 59.8 Å². The Morgan fingerprint density at radius 2 is 1.55 bits per heavy atom. The summed E-state index contributed by atoms with van der Waals surface area (Å²) in [6, 6.07) is 13.8. The second-order valence-corrected chi connectivity index (χ2v) is 4.28. The van der Waals surface area contributed by atoms with E-state index < -0.39 is 11.7 Å². The molecule has 0 amide bonds. The third kappa shape index (κ3) is 3.38. The molecule has 0 saturated heterocycles. The Balaban J connectivity index is 2.21. The first-order valence-corrected chi connectivity index (χ1v) is 5.93. The van der Waals surface area contributed by atoms with Gasteiger partial charge in [0, 0.05) is 6.42 Å². The van der Waals surface area contributed by atoms with E-state index in [0.717, 1.165) is 17.7 Å². The van der Waals surface area contributed by atoms with Crippen LogP contribution in [0.3, 0.4) is 0 Å². The fraction of sp³-hybridized carbons (Fsp3) is 0.133. The van der Waals surface area contributed by atoms with Crippen LogP contribution in [0.2, 0.25) is 0 Å². The number of oxime groups is 1. The van der Waals surface area contributed by atoms with Crippen molar-refractivity contribution in [3.8, 4) is 0 Å². The predicted molar refractivity (Wildman–Crippen MR) is 69.9 cm³/mol. The zero-order chi connectivity index (χ0) is 14.6. The van der Waals surface area contributed by atoms with Gasteiger partial charge in [-0.25, -0.2) is 0 Å². The van der Waals surface area contributed by atoms with E-state index in [2.05, 4.69) is 5.16 Å². The minimum absolute atomic E-state index is 0.324. The quantitative estimate of drug-likeness (QED) is 0.511. The molecule has 5 heteroatoms. The third-order valence-corrected chi connectivity index (χ3v) is 2.88. The Kier molecular flexibility index (Phi) is 4.08. The molecule has 0 unspecified atom stereocenters. The molecular weight excluding hydrogens is 267 g/mol. The molecule has 1 N–H and O–H groups in total. The van der Waals surface area contributed by atoms with Gasteiger partial charge in [0.1, 0.15) is 0 Å². The fourth-order valence-electron chi connectivity index (χ4n) is 1.84. The van der Waals surface area contributed by atoms with E-state index in [1.165, 1.54) is 12.1 Å². The molecule has 0 aromatic heterocycles. The third-order valence-electron chi connectivity index (χ3n) is 2.88. The van der Waals surface area contributed by atoms with Crippen LogP contribution in [0.5, 0.6) is 0 Å². The monoisotopic (exact) mass is 279 g/mol. The van der Waals surface area contributed by atoms with Crippen molar-refractivity contribution in [2.24, 2.45) is 5.16 Å². The molecule has 0 aliphatic heterocycles. The highest BCUT2D eigenvalue weighted by Crippen LogP contribution is 2.29. The first-order chi connectivity index (χ1) is 9.50. The van der Waals surface area contributed by atoms with Crippen LogP contribution in [-0.4, -0.2) is 10.9 Å². The number of nitrogens with zero attached hydrogens (tertiary/aromatic N) is 1. The Morgan fingerprint density at radius 1 is 0.950 bits per heavy atom. The zero-order valence-electron chi connectivity index (χ0n) is 10.4. The van der Waals surface area contributed by atoms with E-state index in [-0.39, 0.29) is 0 Å². The lowest BCUT2D eigenvalue weighted by Gasteiger charge is -2.09. The molecule has 0 aliphatic carbocycles. The van der Waals surface area contributed by atoms with Crippen LogP contribution in [0.25, 0.3) is 0 Å². The highest BCUT2D eigenvalue weighted by Gasteiger charge is 2.30. The van der Waals surface area contributed by atoms with Gasteiger partial charge < -0.3 is 5.21 Å². The molecule has 104 valence electrons. The first kappa shape index (κ1) is 14.1. The van der Waals surface area contributed by atoms with Gasteiger partial charge in [-0.15, -0.1) is 0 Å². The maximum Gasteiger partial charge on any atom is 0.416 e.